The summed E-state index contributed by atoms with van der Waals surface area (Å²) in [4.78, 5) is 17.9. The Morgan fingerprint density at radius 2 is 2.14 bits per heavy atom. The minimum Gasteiger partial charge on any atom is -0.333 e. The van der Waals surface area contributed by atoms with Crippen molar-refractivity contribution in [2.45, 2.75) is 39.7 Å². The zero-order valence-electron chi connectivity index (χ0n) is 12.6. The van der Waals surface area contributed by atoms with E-state index in [0.717, 1.165) is 17.0 Å². The smallest absolute Gasteiger partial charge is 0.264 e. The highest BCUT2D eigenvalue weighted by atomic mass is 32.1. The Morgan fingerprint density at radius 3 is 2.67 bits per heavy atom. The van der Waals surface area contributed by atoms with Crippen molar-refractivity contribution in [2.24, 2.45) is 0 Å². The first-order valence-electron chi connectivity index (χ1n) is 6.90. The van der Waals surface area contributed by atoms with Gasteiger partial charge in [-0.15, -0.1) is 29.1 Å². The predicted octanol–water partition coefficient (Wildman–Crippen LogP) is 4.29. The van der Waals surface area contributed by atoms with Crippen molar-refractivity contribution in [3.8, 4) is 12.3 Å². The van der Waals surface area contributed by atoms with Crippen LogP contribution in [0.15, 0.2) is 23.0 Å². The van der Waals surface area contributed by atoms with Gasteiger partial charge in [-0.2, -0.15) is 0 Å². The van der Waals surface area contributed by atoms with Crippen molar-refractivity contribution < 1.29 is 4.79 Å². The van der Waals surface area contributed by atoms with Crippen LogP contribution in [0.2, 0.25) is 0 Å². The van der Waals surface area contributed by atoms with E-state index in [1.807, 2.05) is 24.4 Å². The summed E-state index contributed by atoms with van der Waals surface area (Å²) in [5.41, 5.74) is 2.50. The summed E-state index contributed by atoms with van der Waals surface area (Å²) in [6, 6.07) is 3.47. The van der Waals surface area contributed by atoms with E-state index in [1.54, 1.807) is 5.51 Å². The molecule has 1 atom stereocenters. The summed E-state index contributed by atoms with van der Waals surface area (Å²) in [5, 5.41) is 4.79. The van der Waals surface area contributed by atoms with Gasteiger partial charge >= 0.3 is 0 Å². The summed E-state index contributed by atoms with van der Waals surface area (Å²) in [6.45, 7) is 6.23. The monoisotopic (exact) mass is 320 g/mol. The van der Waals surface area contributed by atoms with Crippen LogP contribution in [0.4, 0.5) is 0 Å². The predicted molar refractivity (Wildman–Crippen MR) is 90.8 cm³/mol. The molecule has 0 spiro atoms. The van der Waals surface area contributed by atoms with E-state index in [-0.39, 0.29) is 11.9 Å². The average molecular weight is 320 g/mol. The molecule has 0 saturated heterocycles. The molecule has 21 heavy (non-hydrogen) atoms. The van der Waals surface area contributed by atoms with Crippen LogP contribution < -0.4 is 5.32 Å². The van der Waals surface area contributed by atoms with Crippen LogP contribution in [0.3, 0.4) is 0 Å². The van der Waals surface area contributed by atoms with Crippen LogP contribution in [0.5, 0.6) is 0 Å². The minimum absolute atomic E-state index is 0.147. The first-order chi connectivity index (χ1) is 10.2. The molecule has 112 valence electrons. The van der Waals surface area contributed by atoms with Gasteiger partial charge < -0.3 is 5.32 Å². The summed E-state index contributed by atoms with van der Waals surface area (Å²) >= 11 is 2.88. The highest BCUT2D eigenvalue weighted by Gasteiger charge is 2.18. The number of amides is 1. The Hall–Kier alpha value is -1.64. The van der Waals surface area contributed by atoms with Gasteiger partial charge in [0.2, 0.25) is 0 Å². The Kier molecular flexibility index (Phi) is 7.73. The maximum absolute atomic E-state index is 12.1. The first-order valence-corrected chi connectivity index (χ1v) is 8.66. The third-order valence-corrected chi connectivity index (χ3v) is 4.26. The first kappa shape index (κ1) is 17.4. The van der Waals surface area contributed by atoms with E-state index < -0.39 is 0 Å². The lowest BCUT2D eigenvalue weighted by molar-refractivity contribution is 0.0949. The van der Waals surface area contributed by atoms with Crippen molar-refractivity contribution in [3.05, 3.63) is 38.5 Å². The molecular weight excluding hydrogens is 300 g/mol. The normalized spacial score (nSPS) is 11.0. The van der Waals surface area contributed by atoms with Gasteiger partial charge in [0.25, 0.3) is 5.91 Å². The summed E-state index contributed by atoms with van der Waals surface area (Å²) in [6.07, 6.45) is 7.46. The lowest BCUT2D eigenvalue weighted by Gasteiger charge is -2.10. The number of carbonyl (C=O) groups excluding carboxylic acids is 1. The second-order valence-corrected chi connectivity index (χ2v) is 6.11. The van der Waals surface area contributed by atoms with Gasteiger partial charge in [-0.1, -0.05) is 39.2 Å². The van der Waals surface area contributed by atoms with Crippen molar-refractivity contribution in [1.82, 2.24) is 10.3 Å². The molecule has 0 bridgehead atoms. The topological polar surface area (TPSA) is 42.0 Å². The van der Waals surface area contributed by atoms with Gasteiger partial charge in [0.05, 0.1) is 11.2 Å². The molecule has 2 rings (SSSR count). The van der Waals surface area contributed by atoms with Crippen molar-refractivity contribution in [2.75, 3.05) is 0 Å². The molecule has 1 amide bonds. The number of nitrogens with zero attached hydrogens (tertiary/aromatic N) is 1. The lowest BCUT2D eigenvalue weighted by Crippen LogP contribution is -2.27. The van der Waals surface area contributed by atoms with Gasteiger partial charge in [-0.25, -0.2) is 4.98 Å². The fraction of sp³-hybridized carbons (Fsp3) is 0.375. The number of nitrogens with one attached hydrogen (secondary N) is 1. The standard InChI is InChI=1S/C13H12N2OS2.C3H8/c1-3-9(11-6-5-7-17-11)15-13(16)12-10(4-2)14-8-18-12;1-3-2/h1,5-9H,4H2,2H3,(H,15,16);3H2,1-2H3. The summed E-state index contributed by atoms with van der Waals surface area (Å²) in [7, 11) is 0. The fourth-order valence-electron chi connectivity index (χ4n) is 1.55. The zero-order chi connectivity index (χ0) is 15.7. The Bertz CT molecular complexity index is 582. The number of hydrogen-bond acceptors (Lipinski definition) is 4. The zero-order valence-corrected chi connectivity index (χ0v) is 14.2. The lowest BCUT2D eigenvalue weighted by atomic mass is 10.2. The van der Waals surface area contributed by atoms with Gasteiger partial charge in [-0.3, -0.25) is 4.79 Å². The number of rotatable bonds is 4. The number of thiazole rings is 1. The highest BCUT2D eigenvalue weighted by Crippen LogP contribution is 2.20. The molecule has 5 heteroatoms. The number of hydrogen-bond donors (Lipinski definition) is 1. The van der Waals surface area contributed by atoms with E-state index in [4.69, 9.17) is 6.42 Å². The van der Waals surface area contributed by atoms with Crippen LogP contribution in [0, 0.1) is 12.3 Å². The molecule has 2 aromatic heterocycles. The maximum Gasteiger partial charge on any atom is 0.264 e. The van der Waals surface area contributed by atoms with Gasteiger partial charge in [-0.05, 0) is 17.9 Å². The second kappa shape index (κ2) is 9.32. The van der Waals surface area contributed by atoms with E-state index in [0.29, 0.717) is 4.88 Å². The molecule has 0 radical (unpaired) electrons. The maximum atomic E-state index is 12.1. The Labute approximate surface area is 134 Å². The summed E-state index contributed by atoms with van der Waals surface area (Å²) < 4.78 is 0. The third kappa shape index (κ3) is 5.00. The number of aryl methyl sites for hydroxylation is 1. The molecule has 0 aliphatic carbocycles. The number of terminal acetylenes is 1. The largest absolute Gasteiger partial charge is 0.333 e. The molecule has 0 fully saturated rings. The quantitative estimate of drug-likeness (QED) is 0.854. The Morgan fingerprint density at radius 1 is 1.43 bits per heavy atom. The molecule has 0 aliphatic heterocycles. The van der Waals surface area contributed by atoms with Gasteiger partial charge in [0.1, 0.15) is 10.9 Å². The minimum atomic E-state index is -0.371. The average Bonchev–Trinajstić information content (AvgIpc) is 3.15. The molecule has 3 nitrogen and oxygen atoms in total. The van der Waals surface area contributed by atoms with Crippen LogP contribution in [-0.2, 0) is 6.42 Å². The molecule has 2 heterocycles. The summed E-state index contributed by atoms with van der Waals surface area (Å²) in [5.74, 6) is 2.45. The second-order valence-electron chi connectivity index (χ2n) is 4.28. The molecule has 0 aromatic carbocycles. The number of carbonyl (C=O) groups is 1. The number of aromatic nitrogens is 1. The molecule has 0 saturated carbocycles. The fourth-order valence-corrected chi connectivity index (χ4v) is 3.07. The van der Waals surface area contributed by atoms with Gasteiger partial charge in [0, 0.05) is 4.88 Å². The molecule has 2 aromatic rings. The van der Waals surface area contributed by atoms with Crippen molar-refractivity contribution >= 4 is 28.6 Å². The highest BCUT2D eigenvalue weighted by molar-refractivity contribution is 7.12. The van der Waals surface area contributed by atoms with Crippen molar-refractivity contribution in [3.63, 3.8) is 0 Å². The van der Waals surface area contributed by atoms with E-state index >= 15 is 0 Å². The molecular formula is C16H20N2OS2. The van der Waals surface area contributed by atoms with E-state index in [2.05, 4.69) is 30.1 Å². The Balaban J connectivity index is 0.000000677. The van der Waals surface area contributed by atoms with Gasteiger partial charge in [0.15, 0.2) is 0 Å². The molecule has 0 aliphatic rings. The van der Waals surface area contributed by atoms with Crippen molar-refractivity contribution in [1.29, 1.82) is 0 Å². The molecule has 1 unspecified atom stereocenters. The third-order valence-electron chi connectivity index (χ3n) is 2.45. The van der Waals surface area contributed by atoms with E-state index in [9.17, 15) is 4.79 Å². The van der Waals surface area contributed by atoms with Crippen LogP contribution in [0.1, 0.15) is 53.5 Å². The van der Waals surface area contributed by atoms with Crippen LogP contribution >= 0.6 is 22.7 Å². The molecule has 1 N–H and O–H groups in total. The van der Waals surface area contributed by atoms with Crippen LogP contribution in [-0.4, -0.2) is 10.9 Å². The van der Waals surface area contributed by atoms with Crippen LogP contribution in [0.25, 0.3) is 0 Å². The van der Waals surface area contributed by atoms with E-state index in [1.165, 1.54) is 29.1 Å². The number of thiophene rings is 1. The SMILES string of the molecule is C#CC(NC(=O)c1scnc1CC)c1cccs1.CCC.